The fourth-order valence-electron chi connectivity index (χ4n) is 2.63. The van der Waals surface area contributed by atoms with Gasteiger partial charge in [0.1, 0.15) is 11.5 Å². The first kappa shape index (κ1) is 20.4. The molecular formula is C22H21NO5S. The van der Waals surface area contributed by atoms with E-state index in [2.05, 4.69) is 4.72 Å². The maximum atomic E-state index is 12.7. The molecule has 0 aliphatic carbocycles. The first-order chi connectivity index (χ1) is 13.9. The molecule has 0 fully saturated rings. The van der Waals surface area contributed by atoms with E-state index in [0.29, 0.717) is 28.3 Å². The number of hydrogen-bond acceptors (Lipinski definition) is 5. The van der Waals surface area contributed by atoms with E-state index in [-0.39, 0.29) is 11.5 Å². The quantitative estimate of drug-likeness (QED) is 0.567. The zero-order valence-electron chi connectivity index (χ0n) is 16.1. The molecule has 29 heavy (non-hydrogen) atoms. The van der Waals surface area contributed by atoms with Crippen molar-refractivity contribution in [3.05, 3.63) is 83.9 Å². The molecule has 3 aromatic rings. The number of anilines is 1. The van der Waals surface area contributed by atoms with Gasteiger partial charge in [0.15, 0.2) is 0 Å². The van der Waals surface area contributed by atoms with Crippen LogP contribution in [0.3, 0.4) is 0 Å². The van der Waals surface area contributed by atoms with E-state index < -0.39 is 16.0 Å². The highest BCUT2D eigenvalue weighted by atomic mass is 32.2. The summed E-state index contributed by atoms with van der Waals surface area (Å²) in [6, 6.07) is 20.0. The summed E-state index contributed by atoms with van der Waals surface area (Å²) in [4.78, 5) is 11.9. The average Bonchev–Trinajstić information content (AvgIpc) is 2.71. The maximum Gasteiger partial charge on any atom is 0.338 e. The molecule has 1 N–H and O–H groups in total. The van der Waals surface area contributed by atoms with E-state index in [0.717, 1.165) is 0 Å². The molecule has 0 aliphatic rings. The van der Waals surface area contributed by atoms with Gasteiger partial charge in [0.05, 0.1) is 22.8 Å². The Balaban J connectivity index is 1.75. The Labute approximate surface area is 170 Å². The lowest BCUT2D eigenvalue weighted by Gasteiger charge is -2.12. The SMILES string of the molecule is CCOC(=O)c1ccc(NS(=O)(=O)c2ccc(Oc3ccccc3)cc2)c(C)c1. The van der Waals surface area contributed by atoms with Gasteiger partial charge < -0.3 is 9.47 Å². The molecule has 0 radical (unpaired) electrons. The van der Waals surface area contributed by atoms with Gasteiger partial charge in [-0.15, -0.1) is 0 Å². The van der Waals surface area contributed by atoms with E-state index in [1.165, 1.54) is 18.2 Å². The normalized spacial score (nSPS) is 11.0. The van der Waals surface area contributed by atoms with E-state index in [4.69, 9.17) is 9.47 Å². The zero-order valence-corrected chi connectivity index (χ0v) is 16.9. The summed E-state index contributed by atoms with van der Waals surface area (Å²) in [7, 11) is -3.79. The smallest absolute Gasteiger partial charge is 0.338 e. The molecule has 3 rings (SSSR count). The largest absolute Gasteiger partial charge is 0.462 e. The number of ether oxygens (including phenoxy) is 2. The molecule has 0 atom stereocenters. The third kappa shape index (κ3) is 5.14. The molecule has 0 heterocycles. The lowest BCUT2D eigenvalue weighted by Crippen LogP contribution is -2.14. The van der Waals surface area contributed by atoms with Gasteiger partial charge in [-0.25, -0.2) is 13.2 Å². The highest BCUT2D eigenvalue weighted by Crippen LogP contribution is 2.25. The van der Waals surface area contributed by atoms with Gasteiger partial charge in [0.25, 0.3) is 10.0 Å². The van der Waals surface area contributed by atoms with Crippen molar-refractivity contribution >= 4 is 21.7 Å². The number of rotatable bonds is 7. The van der Waals surface area contributed by atoms with Gasteiger partial charge >= 0.3 is 5.97 Å². The summed E-state index contributed by atoms with van der Waals surface area (Å²) in [5, 5.41) is 0. The number of sulfonamides is 1. The number of aryl methyl sites for hydroxylation is 1. The molecule has 0 spiro atoms. The van der Waals surface area contributed by atoms with Crippen molar-refractivity contribution in [1.29, 1.82) is 0 Å². The van der Waals surface area contributed by atoms with Crippen molar-refractivity contribution in [3.8, 4) is 11.5 Å². The van der Waals surface area contributed by atoms with E-state index >= 15 is 0 Å². The fourth-order valence-corrected chi connectivity index (χ4v) is 3.77. The molecule has 0 unspecified atom stereocenters. The number of carbonyl (C=O) groups is 1. The van der Waals surface area contributed by atoms with Crippen LogP contribution in [0.25, 0.3) is 0 Å². The highest BCUT2D eigenvalue weighted by molar-refractivity contribution is 7.92. The average molecular weight is 411 g/mol. The van der Waals surface area contributed by atoms with Gasteiger partial charge in [-0.3, -0.25) is 4.72 Å². The first-order valence-electron chi connectivity index (χ1n) is 9.02. The van der Waals surface area contributed by atoms with Crippen LogP contribution in [0.1, 0.15) is 22.8 Å². The van der Waals surface area contributed by atoms with Crippen LogP contribution in [0.4, 0.5) is 5.69 Å². The van der Waals surface area contributed by atoms with Gasteiger partial charge in [0, 0.05) is 0 Å². The number of nitrogens with one attached hydrogen (secondary N) is 1. The summed E-state index contributed by atoms with van der Waals surface area (Å²) in [5.74, 6) is 0.752. The van der Waals surface area contributed by atoms with Crippen molar-refractivity contribution in [2.75, 3.05) is 11.3 Å². The van der Waals surface area contributed by atoms with E-state index in [1.807, 2.05) is 30.3 Å². The number of hydrogen-bond donors (Lipinski definition) is 1. The molecule has 0 aliphatic heterocycles. The Kier molecular flexibility index (Phi) is 6.19. The predicted molar refractivity (Wildman–Crippen MR) is 111 cm³/mol. The predicted octanol–water partition coefficient (Wildman–Crippen LogP) is 4.76. The molecule has 0 amide bonds. The molecule has 7 heteroatoms. The third-order valence-electron chi connectivity index (χ3n) is 4.09. The van der Waals surface area contributed by atoms with Gasteiger partial charge in [-0.05, 0) is 74.0 Å². The number of esters is 1. The second kappa shape index (κ2) is 8.79. The monoisotopic (exact) mass is 411 g/mol. The molecular weight excluding hydrogens is 390 g/mol. The van der Waals surface area contributed by atoms with Crippen molar-refractivity contribution < 1.29 is 22.7 Å². The zero-order chi connectivity index (χ0) is 20.9. The van der Waals surface area contributed by atoms with Crippen LogP contribution in [-0.4, -0.2) is 21.0 Å². The fraction of sp³-hybridized carbons (Fsp3) is 0.136. The van der Waals surface area contributed by atoms with Crippen LogP contribution in [0, 0.1) is 6.92 Å². The van der Waals surface area contributed by atoms with Crippen molar-refractivity contribution in [2.45, 2.75) is 18.7 Å². The van der Waals surface area contributed by atoms with Gasteiger partial charge in [-0.2, -0.15) is 0 Å². The summed E-state index contributed by atoms with van der Waals surface area (Å²) in [5.41, 5.74) is 1.38. The topological polar surface area (TPSA) is 81.7 Å². The minimum Gasteiger partial charge on any atom is -0.462 e. The lowest BCUT2D eigenvalue weighted by atomic mass is 10.1. The van der Waals surface area contributed by atoms with Crippen molar-refractivity contribution in [1.82, 2.24) is 0 Å². The number of carbonyl (C=O) groups excluding carboxylic acids is 1. The Morgan fingerprint density at radius 3 is 2.21 bits per heavy atom. The highest BCUT2D eigenvalue weighted by Gasteiger charge is 2.17. The summed E-state index contributed by atoms with van der Waals surface area (Å²) >= 11 is 0. The first-order valence-corrected chi connectivity index (χ1v) is 10.5. The second-order valence-corrected chi connectivity index (χ2v) is 7.92. The van der Waals surface area contributed by atoms with Crippen LogP contribution in [0.15, 0.2) is 77.7 Å². The lowest BCUT2D eigenvalue weighted by molar-refractivity contribution is 0.0526. The molecule has 6 nitrogen and oxygen atoms in total. The van der Waals surface area contributed by atoms with Crippen molar-refractivity contribution in [3.63, 3.8) is 0 Å². The van der Waals surface area contributed by atoms with E-state index in [1.54, 1.807) is 38.1 Å². The Morgan fingerprint density at radius 2 is 1.59 bits per heavy atom. The Hall–Kier alpha value is -3.32. The van der Waals surface area contributed by atoms with Crippen LogP contribution < -0.4 is 9.46 Å². The minimum atomic E-state index is -3.79. The second-order valence-electron chi connectivity index (χ2n) is 6.24. The Bertz CT molecular complexity index is 1090. The molecule has 0 saturated carbocycles. The van der Waals surface area contributed by atoms with Crippen LogP contribution >= 0.6 is 0 Å². The van der Waals surface area contributed by atoms with Crippen LogP contribution in [0.5, 0.6) is 11.5 Å². The summed E-state index contributed by atoms with van der Waals surface area (Å²) in [6.07, 6.45) is 0. The molecule has 150 valence electrons. The minimum absolute atomic E-state index is 0.104. The third-order valence-corrected chi connectivity index (χ3v) is 5.48. The van der Waals surface area contributed by atoms with Gasteiger partial charge in [-0.1, -0.05) is 18.2 Å². The van der Waals surface area contributed by atoms with Gasteiger partial charge in [0.2, 0.25) is 0 Å². The maximum absolute atomic E-state index is 12.7. The summed E-state index contributed by atoms with van der Waals surface area (Å²) in [6.45, 7) is 3.72. The molecule has 3 aromatic carbocycles. The van der Waals surface area contributed by atoms with Crippen molar-refractivity contribution in [2.24, 2.45) is 0 Å². The van der Waals surface area contributed by atoms with Crippen LogP contribution in [-0.2, 0) is 14.8 Å². The number of para-hydroxylation sites is 1. The van der Waals surface area contributed by atoms with E-state index in [9.17, 15) is 13.2 Å². The number of benzene rings is 3. The molecule has 0 bridgehead atoms. The van der Waals surface area contributed by atoms with Crippen LogP contribution in [0.2, 0.25) is 0 Å². The Morgan fingerprint density at radius 1 is 0.931 bits per heavy atom. The molecule has 0 saturated heterocycles. The standard InChI is InChI=1S/C22H21NO5S/c1-3-27-22(24)17-9-14-21(16(2)15-17)23-29(25,26)20-12-10-19(11-13-20)28-18-7-5-4-6-8-18/h4-15,23H,3H2,1-2H3. The molecule has 0 aromatic heterocycles. The summed E-state index contributed by atoms with van der Waals surface area (Å²) < 4.78 is 38.6.